The third-order valence-electron chi connectivity index (χ3n) is 0.429. The average Bonchev–Trinajstić information content (AvgIpc) is 1.72. The monoisotopic (exact) mass is 107 g/mol. The van der Waals surface area contributed by atoms with Gasteiger partial charge >= 0.3 is 0 Å². The van der Waals surface area contributed by atoms with Crippen LogP contribution in [0.25, 0.3) is 0 Å². The number of hydrogen-bond acceptors (Lipinski definition) is 4. The Labute approximate surface area is 40.3 Å². The Morgan fingerprint density at radius 3 is 2.83 bits per heavy atom. The third-order valence-corrected chi connectivity index (χ3v) is 0.915. The van der Waals surface area contributed by atoms with E-state index in [4.69, 9.17) is 0 Å². The summed E-state index contributed by atoms with van der Waals surface area (Å²) >= 11 is 1.12. The molecule has 1 saturated heterocycles. The highest BCUT2D eigenvalue weighted by molar-refractivity contribution is 7.92. The first-order valence-corrected chi connectivity index (χ1v) is 2.42. The summed E-state index contributed by atoms with van der Waals surface area (Å²) in [7, 11) is 0. The maximum atomic E-state index is 4.47. The Hall–Kier alpha value is 0.230. The Balaban J connectivity index is 2.00. The maximum Gasteiger partial charge on any atom is 0.118 e. The molecular weight excluding hydrogens is 102 g/mol. The summed E-state index contributed by atoms with van der Waals surface area (Å²) in [6.45, 7) is 1.51. The van der Waals surface area contributed by atoms with Crippen LogP contribution in [0.15, 0.2) is 0 Å². The molecule has 1 heterocycles. The molecule has 36 valence electrons. The molecular formula is C2H5NO2S. The van der Waals surface area contributed by atoms with Gasteiger partial charge in [-0.15, -0.1) is 4.33 Å². The summed E-state index contributed by atoms with van der Waals surface area (Å²) in [6.07, 6.45) is 0. The first-order chi connectivity index (χ1) is 3.00. The zero-order valence-electron chi connectivity index (χ0n) is 3.14. The molecule has 1 aliphatic heterocycles. The van der Waals surface area contributed by atoms with E-state index in [2.05, 4.69) is 13.9 Å². The second-order valence-electron chi connectivity index (χ2n) is 0.868. The van der Waals surface area contributed by atoms with Crippen LogP contribution in [0.2, 0.25) is 0 Å². The Kier molecular flexibility index (Phi) is 1.76. The van der Waals surface area contributed by atoms with Gasteiger partial charge in [0, 0.05) is 6.54 Å². The molecule has 0 aromatic heterocycles. The quantitative estimate of drug-likeness (QED) is 0.270. The van der Waals surface area contributed by atoms with E-state index in [1.165, 1.54) is 0 Å². The lowest BCUT2D eigenvalue weighted by atomic mass is 10.8. The van der Waals surface area contributed by atoms with Crippen molar-refractivity contribution in [3.05, 3.63) is 0 Å². The van der Waals surface area contributed by atoms with Crippen molar-refractivity contribution in [1.82, 2.24) is 4.72 Å². The lowest BCUT2D eigenvalue weighted by Gasteiger charge is -2.07. The molecule has 0 amide bonds. The molecule has 1 N–H and O–H groups in total. The van der Waals surface area contributed by atoms with E-state index < -0.39 is 0 Å². The van der Waals surface area contributed by atoms with Crippen molar-refractivity contribution in [2.24, 2.45) is 0 Å². The van der Waals surface area contributed by atoms with Crippen molar-refractivity contribution < 1.29 is 9.22 Å². The van der Waals surface area contributed by atoms with Crippen LogP contribution in [0.4, 0.5) is 0 Å². The summed E-state index contributed by atoms with van der Waals surface area (Å²) in [5, 5.41) is 0. The van der Waals surface area contributed by atoms with Crippen molar-refractivity contribution in [2.75, 3.05) is 13.2 Å². The van der Waals surface area contributed by atoms with E-state index in [0.717, 1.165) is 18.8 Å². The molecule has 0 aromatic rings. The van der Waals surface area contributed by atoms with Crippen LogP contribution in [-0.2, 0) is 9.22 Å². The van der Waals surface area contributed by atoms with Gasteiger partial charge in [-0.25, -0.2) is 9.61 Å². The molecule has 0 spiro atoms. The second-order valence-corrected chi connectivity index (χ2v) is 1.46. The van der Waals surface area contributed by atoms with Crippen molar-refractivity contribution in [3.8, 4) is 0 Å². The van der Waals surface area contributed by atoms with Crippen LogP contribution in [0.1, 0.15) is 0 Å². The van der Waals surface area contributed by atoms with Gasteiger partial charge in [0.05, 0.1) is 6.61 Å². The van der Waals surface area contributed by atoms with Crippen LogP contribution >= 0.6 is 12.2 Å². The summed E-state index contributed by atoms with van der Waals surface area (Å²) in [4.78, 5) is 4.47. The predicted molar refractivity (Wildman–Crippen MR) is 22.6 cm³/mol. The molecule has 1 fully saturated rings. The van der Waals surface area contributed by atoms with E-state index in [1.54, 1.807) is 0 Å². The van der Waals surface area contributed by atoms with E-state index in [9.17, 15) is 0 Å². The van der Waals surface area contributed by atoms with Crippen molar-refractivity contribution in [3.63, 3.8) is 0 Å². The minimum Gasteiger partial charge on any atom is -0.235 e. The summed E-state index contributed by atoms with van der Waals surface area (Å²) in [5.41, 5.74) is 0. The highest BCUT2D eigenvalue weighted by Gasteiger charge is 1.95. The van der Waals surface area contributed by atoms with Gasteiger partial charge in [0.25, 0.3) is 0 Å². The third kappa shape index (κ3) is 1.14. The van der Waals surface area contributed by atoms with Crippen LogP contribution < -0.4 is 4.72 Å². The highest BCUT2D eigenvalue weighted by Crippen LogP contribution is 1.99. The molecule has 0 aliphatic carbocycles. The fourth-order valence-corrected chi connectivity index (χ4v) is 0.538. The molecule has 0 atom stereocenters. The topological polar surface area (TPSA) is 30.5 Å². The van der Waals surface area contributed by atoms with Crippen molar-refractivity contribution >= 4 is 12.2 Å². The fraction of sp³-hybridized carbons (Fsp3) is 1.00. The van der Waals surface area contributed by atoms with Crippen LogP contribution in [0.5, 0.6) is 0 Å². The van der Waals surface area contributed by atoms with Gasteiger partial charge in [-0.3, -0.25) is 0 Å². The summed E-state index contributed by atoms with van der Waals surface area (Å²) in [6, 6.07) is 0. The molecule has 6 heavy (non-hydrogen) atoms. The molecule has 0 saturated carbocycles. The first kappa shape index (κ1) is 4.39. The van der Waals surface area contributed by atoms with Gasteiger partial charge in [-0.05, 0) is 0 Å². The van der Waals surface area contributed by atoms with Crippen LogP contribution in [-0.4, -0.2) is 13.2 Å². The molecule has 0 aromatic carbocycles. The standard InChI is InChI=1S/C2H5NO2S/c1-2-4-5-6-3-1/h3H,1-2H2. The second kappa shape index (κ2) is 2.41. The van der Waals surface area contributed by atoms with Gasteiger partial charge < -0.3 is 0 Å². The summed E-state index contributed by atoms with van der Waals surface area (Å²) < 4.78 is 7.23. The lowest BCUT2D eigenvalue weighted by molar-refractivity contribution is -0.196. The van der Waals surface area contributed by atoms with Gasteiger partial charge in [-0.2, -0.15) is 0 Å². The van der Waals surface area contributed by atoms with E-state index in [0.29, 0.717) is 6.61 Å². The van der Waals surface area contributed by atoms with Crippen molar-refractivity contribution in [1.29, 1.82) is 0 Å². The molecule has 1 rings (SSSR count). The molecule has 0 bridgehead atoms. The average molecular weight is 107 g/mol. The molecule has 1 aliphatic rings. The van der Waals surface area contributed by atoms with Gasteiger partial charge in [-0.1, -0.05) is 0 Å². The van der Waals surface area contributed by atoms with E-state index >= 15 is 0 Å². The molecule has 4 heteroatoms. The maximum absolute atomic E-state index is 4.47. The minimum absolute atomic E-state index is 0.646. The fourth-order valence-electron chi connectivity index (χ4n) is 0.207. The highest BCUT2D eigenvalue weighted by atomic mass is 32.2. The largest absolute Gasteiger partial charge is 0.235 e. The SMILES string of the molecule is C1COOSN1. The predicted octanol–water partition coefficient (Wildman–Crippen LogP) is 0.101. The first-order valence-electron chi connectivity index (χ1n) is 1.68. The normalized spacial score (nSPS) is 24.0. The molecule has 0 unspecified atom stereocenters. The van der Waals surface area contributed by atoms with E-state index in [1.807, 2.05) is 0 Å². The van der Waals surface area contributed by atoms with E-state index in [-0.39, 0.29) is 0 Å². The summed E-state index contributed by atoms with van der Waals surface area (Å²) in [5.74, 6) is 0. The lowest BCUT2D eigenvalue weighted by Crippen LogP contribution is -2.17. The molecule has 0 radical (unpaired) electrons. The van der Waals surface area contributed by atoms with Gasteiger partial charge in [0.1, 0.15) is 12.2 Å². The number of nitrogens with one attached hydrogen (secondary N) is 1. The van der Waals surface area contributed by atoms with Gasteiger partial charge in [0.15, 0.2) is 0 Å². The smallest absolute Gasteiger partial charge is 0.118 e. The number of hydrogen-bond donors (Lipinski definition) is 1. The number of rotatable bonds is 0. The zero-order chi connectivity index (χ0) is 4.24. The van der Waals surface area contributed by atoms with Crippen LogP contribution in [0.3, 0.4) is 0 Å². The Bertz CT molecular complexity index is 27.0. The van der Waals surface area contributed by atoms with Crippen LogP contribution in [0, 0.1) is 0 Å². The van der Waals surface area contributed by atoms with Crippen molar-refractivity contribution in [2.45, 2.75) is 0 Å². The minimum atomic E-state index is 0.646. The Morgan fingerprint density at radius 2 is 2.67 bits per heavy atom. The van der Waals surface area contributed by atoms with Gasteiger partial charge in [0.2, 0.25) is 0 Å². The zero-order valence-corrected chi connectivity index (χ0v) is 3.96. The Morgan fingerprint density at radius 1 is 1.67 bits per heavy atom. The molecule has 3 nitrogen and oxygen atoms in total.